The van der Waals surface area contributed by atoms with Crippen molar-refractivity contribution in [1.29, 1.82) is 0 Å². The van der Waals surface area contributed by atoms with E-state index in [2.05, 4.69) is 0 Å². The summed E-state index contributed by atoms with van der Waals surface area (Å²) in [4.78, 5) is 84.4. The molecule has 15 nitrogen and oxygen atoms in total. The summed E-state index contributed by atoms with van der Waals surface area (Å²) in [6.07, 6.45) is 0. The number of hydrogen-bond acceptors (Lipinski definition) is 15. The molecule has 0 aromatic carbocycles. The minimum Gasteiger partial charge on any atom is -0.786 e. The van der Waals surface area contributed by atoms with E-state index >= 15 is 0 Å². The normalized spacial score (nSPS) is 10.5. The minimum atomic E-state index is -5.64. The molecule has 0 heterocycles. The standard InChI is InChI=1S/C.5FH2O3P.Na.V/c;5*1-5(2,3)4;;/h;5*(H2,2,3,4);;/q+4;;;;;;+1;+5/p-10. The molecule has 0 rings (SSSR count). The van der Waals surface area contributed by atoms with E-state index in [9.17, 15) is 21.0 Å². The quantitative estimate of drug-likeness (QED) is 0.147. The summed E-state index contributed by atoms with van der Waals surface area (Å²) in [5, 5.41) is 0. The van der Waals surface area contributed by atoms with Gasteiger partial charge in [-0.1, -0.05) is 0 Å². The first kappa shape index (κ1) is 52.1. The molecule has 0 spiro atoms. The second kappa shape index (κ2) is 22.2. The Kier molecular flexibility index (Phi) is 41.3. The predicted molar refractivity (Wildman–Crippen MR) is 46.8 cm³/mol. The molecule has 0 aromatic rings. The second-order valence-corrected chi connectivity index (χ2v) is 6.46. The summed E-state index contributed by atoms with van der Waals surface area (Å²) in [7, 11) is -28.2. The second-order valence-electron chi connectivity index (χ2n) is 2.15. The van der Waals surface area contributed by atoms with Crippen molar-refractivity contribution in [2.75, 3.05) is 0 Å². The molecule has 0 bridgehead atoms. The van der Waals surface area contributed by atoms with Crippen molar-refractivity contribution < 1.29 is 141 Å². The largest absolute Gasteiger partial charge is 5.00 e. The summed E-state index contributed by atoms with van der Waals surface area (Å²) in [6.45, 7) is 0. The van der Waals surface area contributed by atoms with Crippen molar-refractivity contribution in [2.45, 2.75) is 0 Å². The first-order chi connectivity index (χ1) is 10.0. The van der Waals surface area contributed by atoms with Crippen molar-refractivity contribution in [1.82, 2.24) is 0 Å². The van der Waals surface area contributed by atoms with Gasteiger partial charge in [-0.25, -0.2) is 21.0 Å². The Bertz CT molecular complexity index is 400. The van der Waals surface area contributed by atoms with Crippen LogP contribution in [0.15, 0.2) is 0 Å². The topological polar surface area (TPSA) is 316 Å². The first-order valence-corrected chi connectivity index (χ1v) is 10.8. The Balaban J connectivity index is -0.0000000290. The molecule has 0 fully saturated rings. The zero-order valence-corrected chi connectivity index (χ0v) is 20.1. The van der Waals surface area contributed by atoms with Crippen LogP contribution in [0.5, 0.6) is 0 Å². The van der Waals surface area contributed by atoms with Gasteiger partial charge in [-0.2, -0.15) is 0 Å². The monoisotopic (exact) mass is 576 g/mol. The summed E-state index contributed by atoms with van der Waals surface area (Å²) in [6, 6.07) is 0. The van der Waals surface area contributed by atoms with E-state index in [0.717, 1.165) is 0 Å². The third-order valence-electron chi connectivity index (χ3n) is 0. The van der Waals surface area contributed by atoms with Gasteiger partial charge in [0, 0.05) is 0 Å². The van der Waals surface area contributed by atoms with E-state index in [4.69, 9.17) is 71.8 Å². The summed E-state index contributed by atoms with van der Waals surface area (Å²) in [5.41, 5.74) is 0. The van der Waals surface area contributed by atoms with Crippen LogP contribution >= 0.6 is 39.5 Å². The van der Waals surface area contributed by atoms with E-state index in [-0.39, 0.29) is 55.5 Å². The number of halogens is 5. The molecule has 0 unspecified atom stereocenters. The molecule has 27 heteroatoms. The molecule has 0 aliphatic heterocycles. The van der Waals surface area contributed by atoms with E-state index in [1.54, 1.807) is 0 Å². The Morgan fingerprint density at radius 3 is 0.393 bits per heavy atom. The van der Waals surface area contributed by atoms with Gasteiger partial charge in [0.1, 0.15) is 39.5 Å². The van der Waals surface area contributed by atoms with E-state index in [0.29, 0.717) is 0 Å². The molecular formula is CF5NaO15P5V. The average molecular weight is 576 g/mol. The Morgan fingerprint density at radius 2 is 0.393 bits per heavy atom. The van der Waals surface area contributed by atoms with Gasteiger partial charge in [-0.15, -0.1) is 0 Å². The maximum Gasteiger partial charge on any atom is 5.00 e. The van der Waals surface area contributed by atoms with E-state index < -0.39 is 39.5 Å². The van der Waals surface area contributed by atoms with Gasteiger partial charge in [-0.05, 0) is 0 Å². The average Bonchev–Trinajstić information content (AvgIpc) is 1.79. The fourth-order valence-electron chi connectivity index (χ4n) is 0. The Hall–Kier alpha value is 1.98. The van der Waals surface area contributed by atoms with Crippen LogP contribution < -0.4 is 78.5 Å². The van der Waals surface area contributed by atoms with Gasteiger partial charge < -0.3 is 71.8 Å². The number of hydrogen-bond donors (Lipinski definition) is 0. The minimum absolute atomic E-state index is 0. The van der Waals surface area contributed by atoms with Crippen LogP contribution in [-0.2, 0) is 41.4 Å². The third-order valence-corrected chi connectivity index (χ3v) is 0. The molecular weight excluding hydrogens is 576 g/mol. The molecule has 160 valence electrons. The van der Waals surface area contributed by atoms with Crippen LogP contribution in [0.4, 0.5) is 21.0 Å². The van der Waals surface area contributed by atoms with E-state index in [1.807, 2.05) is 0 Å². The molecule has 0 aromatic heterocycles. The van der Waals surface area contributed by atoms with Gasteiger partial charge in [0.2, 0.25) is 0 Å². The molecule has 0 saturated heterocycles. The molecule has 0 atom stereocenters. The zero-order valence-electron chi connectivity index (χ0n) is 12.2. The molecule has 0 aliphatic rings. The maximum atomic E-state index is 10.1. The smallest absolute Gasteiger partial charge is 0.786 e. The SMILES string of the molecule is O=P([O-])([O-])F.O=P([O-])([O-])F.O=P([O-])([O-])F.O=P([O-])([O-])F.O=P([O-])([O-])F.[C+4].[Na+].[V+5]. The van der Waals surface area contributed by atoms with Crippen molar-refractivity contribution in [3.05, 3.63) is 7.43 Å². The molecule has 28 heavy (non-hydrogen) atoms. The van der Waals surface area contributed by atoms with Crippen molar-refractivity contribution in [3.8, 4) is 0 Å². The van der Waals surface area contributed by atoms with Crippen LogP contribution in [0.25, 0.3) is 0 Å². The number of rotatable bonds is 0. The van der Waals surface area contributed by atoms with Gasteiger partial charge >= 0.3 is 55.5 Å². The summed E-state index contributed by atoms with van der Waals surface area (Å²) >= 11 is 0. The Labute approximate surface area is 187 Å². The zero-order chi connectivity index (χ0) is 22.5. The summed E-state index contributed by atoms with van der Waals surface area (Å²) < 4.78 is 92.8. The third kappa shape index (κ3) is 5170. The van der Waals surface area contributed by atoms with E-state index in [1.165, 1.54) is 0 Å². The molecule has 0 radical (unpaired) electrons. The maximum absolute atomic E-state index is 10.1. The van der Waals surface area contributed by atoms with Crippen molar-refractivity contribution in [3.63, 3.8) is 0 Å². The van der Waals surface area contributed by atoms with Crippen LogP contribution in [-0.4, -0.2) is 0 Å². The summed E-state index contributed by atoms with van der Waals surface area (Å²) in [5.74, 6) is 0. The predicted octanol–water partition coefficient (Wildman–Crippen LogP) is -8.99. The molecule has 0 amide bonds. The van der Waals surface area contributed by atoms with Gasteiger partial charge in [0.05, 0.1) is 0 Å². The van der Waals surface area contributed by atoms with Crippen LogP contribution in [0.3, 0.4) is 0 Å². The van der Waals surface area contributed by atoms with Gasteiger partial charge in [0.15, 0.2) is 0 Å². The molecule has 0 N–H and O–H groups in total. The van der Waals surface area contributed by atoms with Crippen LogP contribution in [0.2, 0.25) is 0 Å². The van der Waals surface area contributed by atoms with Gasteiger partial charge in [0.25, 0.3) is 0 Å². The Morgan fingerprint density at radius 1 is 0.393 bits per heavy atom. The molecule has 0 aliphatic carbocycles. The van der Waals surface area contributed by atoms with Crippen molar-refractivity contribution in [2.24, 2.45) is 0 Å². The fourth-order valence-corrected chi connectivity index (χ4v) is 0. The first-order valence-electron chi connectivity index (χ1n) is 3.58. The van der Waals surface area contributed by atoms with Gasteiger partial charge in [-0.3, -0.25) is 0 Å². The fraction of sp³-hybridized carbons (Fsp3) is 0. The van der Waals surface area contributed by atoms with Crippen molar-refractivity contribution >= 4 is 39.5 Å². The molecule has 0 saturated carbocycles. The van der Waals surface area contributed by atoms with Crippen LogP contribution in [0.1, 0.15) is 0 Å². The van der Waals surface area contributed by atoms with Crippen LogP contribution in [0, 0.1) is 7.43 Å².